The molecule has 1 saturated carbocycles. The molecule has 0 spiro atoms. The Morgan fingerprint density at radius 2 is 1.96 bits per heavy atom. The Kier molecular flexibility index (Phi) is 5.39. The number of carboxylic acid groups (broad SMARTS) is 1. The molecule has 2 heterocycles. The van der Waals surface area contributed by atoms with Crippen molar-refractivity contribution in [3.63, 3.8) is 0 Å². The number of hydrogen-bond donors (Lipinski definition) is 2. The summed E-state index contributed by atoms with van der Waals surface area (Å²) >= 11 is 0. The molecule has 8 heteroatoms. The normalized spacial score (nSPS) is 20.1. The quantitative estimate of drug-likeness (QED) is 0.824. The van der Waals surface area contributed by atoms with Crippen LogP contribution in [0, 0.1) is 18.8 Å². The zero-order chi connectivity index (χ0) is 18.7. The third-order valence-corrected chi connectivity index (χ3v) is 5.16. The van der Waals surface area contributed by atoms with Crippen LogP contribution in [0.1, 0.15) is 43.9 Å². The number of nitrogens with one attached hydrogen (secondary N) is 1. The highest BCUT2D eigenvalue weighted by Crippen LogP contribution is 2.31. The molecule has 0 aromatic carbocycles. The SMILES string of the molecule is CCn1ncc(Cn2cc(NC(=O)[C@@H]3CCCC[C@@H]3C(=O)O)cn2)c1C. The second kappa shape index (κ2) is 7.72. The van der Waals surface area contributed by atoms with Crippen LogP contribution in [0.25, 0.3) is 0 Å². The largest absolute Gasteiger partial charge is 0.481 e. The number of carbonyl (C=O) groups excluding carboxylic acids is 1. The Morgan fingerprint density at radius 3 is 2.62 bits per heavy atom. The fraction of sp³-hybridized carbons (Fsp3) is 0.556. The van der Waals surface area contributed by atoms with Crippen LogP contribution in [0.3, 0.4) is 0 Å². The molecule has 0 unspecified atom stereocenters. The van der Waals surface area contributed by atoms with Crippen molar-refractivity contribution < 1.29 is 14.7 Å². The molecule has 2 atom stereocenters. The molecule has 0 aliphatic heterocycles. The van der Waals surface area contributed by atoms with Crippen LogP contribution in [0.15, 0.2) is 18.6 Å². The van der Waals surface area contributed by atoms with Gasteiger partial charge in [0.2, 0.25) is 5.91 Å². The third-order valence-electron chi connectivity index (χ3n) is 5.16. The van der Waals surface area contributed by atoms with Crippen molar-refractivity contribution in [2.45, 2.75) is 52.6 Å². The van der Waals surface area contributed by atoms with E-state index in [1.165, 1.54) is 0 Å². The molecule has 0 bridgehead atoms. The van der Waals surface area contributed by atoms with E-state index in [0.717, 1.165) is 30.6 Å². The summed E-state index contributed by atoms with van der Waals surface area (Å²) in [5, 5.41) is 20.8. The Labute approximate surface area is 152 Å². The summed E-state index contributed by atoms with van der Waals surface area (Å²) in [4.78, 5) is 23.9. The number of carboxylic acids is 1. The van der Waals surface area contributed by atoms with Crippen LogP contribution >= 0.6 is 0 Å². The van der Waals surface area contributed by atoms with Crippen LogP contribution in [0.4, 0.5) is 5.69 Å². The number of amides is 1. The first-order valence-corrected chi connectivity index (χ1v) is 9.07. The first-order valence-electron chi connectivity index (χ1n) is 9.07. The van der Waals surface area contributed by atoms with E-state index in [0.29, 0.717) is 25.1 Å². The van der Waals surface area contributed by atoms with Crippen molar-refractivity contribution in [3.8, 4) is 0 Å². The molecule has 8 nitrogen and oxygen atoms in total. The molecule has 1 aliphatic carbocycles. The van der Waals surface area contributed by atoms with Gasteiger partial charge in [0.05, 0.1) is 36.5 Å². The highest BCUT2D eigenvalue weighted by atomic mass is 16.4. The molecule has 1 aliphatic rings. The molecule has 1 fully saturated rings. The number of aliphatic carboxylic acids is 1. The van der Waals surface area contributed by atoms with Crippen LogP contribution in [0.2, 0.25) is 0 Å². The van der Waals surface area contributed by atoms with Gasteiger partial charge in [-0.25, -0.2) is 0 Å². The molecular formula is C18H25N5O3. The summed E-state index contributed by atoms with van der Waals surface area (Å²) < 4.78 is 3.67. The number of nitrogens with zero attached hydrogens (tertiary/aromatic N) is 4. The summed E-state index contributed by atoms with van der Waals surface area (Å²) in [5.74, 6) is -2.19. The van der Waals surface area contributed by atoms with Crippen LogP contribution in [-0.2, 0) is 22.7 Å². The highest BCUT2D eigenvalue weighted by Gasteiger charge is 2.35. The van der Waals surface area contributed by atoms with Crippen LogP contribution in [-0.4, -0.2) is 36.5 Å². The van der Waals surface area contributed by atoms with E-state index in [1.807, 2.05) is 24.7 Å². The highest BCUT2D eigenvalue weighted by molar-refractivity contribution is 5.95. The lowest BCUT2D eigenvalue weighted by Gasteiger charge is -2.27. The minimum atomic E-state index is -0.885. The molecule has 0 saturated heterocycles. The van der Waals surface area contributed by atoms with Crippen molar-refractivity contribution in [2.24, 2.45) is 11.8 Å². The molecule has 140 valence electrons. The van der Waals surface area contributed by atoms with E-state index in [4.69, 9.17) is 0 Å². The van der Waals surface area contributed by atoms with Gasteiger partial charge in [-0.3, -0.25) is 19.0 Å². The summed E-state index contributed by atoms with van der Waals surface area (Å²) in [6.45, 7) is 5.45. The van der Waals surface area contributed by atoms with Crippen LogP contribution < -0.4 is 5.32 Å². The zero-order valence-electron chi connectivity index (χ0n) is 15.2. The third kappa shape index (κ3) is 3.79. The fourth-order valence-corrected chi connectivity index (χ4v) is 3.62. The summed E-state index contributed by atoms with van der Waals surface area (Å²) in [6.07, 6.45) is 8.12. The number of aryl methyl sites for hydroxylation is 1. The van der Waals surface area contributed by atoms with E-state index >= 15 is 0 Å². The summed E-state index contributed by atoms with van der Waals surface area (Å²) in [6, 6.07) is 0. The van der Waals surface area contributed by atoms with Gasteiger partial charge in [0.15, 0.2) is 0 Å². The lowest BCUT2D eigenvalue weighted by atomic mass is 9.78. The molecule has 2 aromatic heterocycles. The lowest BCUT2D eigenvalue weighted by Crippen LogP contribution is -2.35. The molecular weight excluding hydrogens is 334 g/mol. The van der Waals surface area contributed by atoms with Gasteiger partial charge in [-0.15, -0.1) is 0 Å². The lowest BCUT2D eigenvalue weighted by molar-refractivity contribution is -0.147. The predicted molar refractivity (Wildman–Crippen MR) is 95.7 cm³/mol. The number of hydrogen-bond acceptors (Lipinski definition) is 4. The Bertz CT molecular complexity index is 795. The average Bonchev–Trinajstić information content (AvgIpc) is 3.22. The van der Waals surface area contributed by atoms with Crippen molar-refractivity contribution in [1.82, 2.24) is 19.6 Å². The first kappa shape index (κ1) is 18.2. The molecule has 1 amide bonds. The van der Waals surface area contributed by atoms with E-state index in [2.05, 4.69) is 15.5 Å². The first-order chi connectivity index (χ1) is 12.5. The second-order valence-corrected chi connectivity index (χ2v) is 6.82. The second-order valence-electron chi connectivity index (χ2n) is 6.82. The minimum absolute atomic E-state index is 0.230. The van der Waals surface area contributed by atoms with Crippen molar-refractivity contribution >= 4 is 17.6 Å². The van der Waals surface area contributed by atoms with Gasteiger partial charge < -0.3 is 10.4 Å². The van der Waals surface area contributed by atoms with Gasteiger partial charge in [0.1, 0.15) is 0 Å². The molecule has 0 radical (unpaired) electrons. The molecule has 26 heavy (non-hydrogen) atoms. The van der Waals surface area contributed by atoms with Gasteiger partial charge >= 0.3 is 5.97 Å². The standard InChI is InChI=1S/C18H25N5O3/c1-3-23-12(2)13(8-20-23)10-22-11-14(9-19-22)21-17(24)15-6-4-5-7-16(15)18(25)26/h8-9,11,15-16H,3-7,10H2,1-2H3,(H,21,24)(H,25,26)/t15-,16+/m1/s1. The summed E-state index contributed by atoms with van der Waals surface area (Å²) in [5.41, 5.74) is 2.76. The number of aromatic nitrogens is 4. The predicted octanol–water partition coefficient (Wildman–Crippen LogP) is 2.29. The fourth-order valence-electron chi connectivity index (χ4n) is 3.62. The monoisotopic (exact) mass is 359 g/mol. The van der Waals surface area contributed by atoms with E-state index in [-0.39, 0.29) is 5.91 Å². The maximum absolute atomic E-state index is 12.5. The van der Waals surface area contributed by atoms with E-state index in [1.54, 1.807) is 17.1 Å². The van der Waals surface area contributed by atoms with Gasteiger partial charge in [0.25, 0.3) is 0 Å². The molecule has 2 aromatic rings. The smallest absolute Gasteiger partial charge is 0.307 e. The van der Waals surface area contributed by atoms with Gasteiger partial charge in [-0.2, -0.15) is 10.2 Å². The van der Waals surface area contributed by atoms with E-state index in [9.17, 15) is 14.7 Å². The molecule has 3 rings (SSSR count). The van der Waals surface area contributed by atoms with Gasteiger partial charge in [0, 0.05) is 24.0 Å². The van der Waals surface area contributed by atoms with Crippen molar-refractivity contribution in [3.05, 3.63) is 29.8 Å². The Morgan fingerprint density at radius 1 is 1.23 bits per heavy atom. The Balaban J connectivity index is 1.65. The maximum Gasteiger partial charge on any atom is 0.307 e. The molecule has 2 N–H and O–H groups in total. The van der Waals surface area contributed by atoms with Crippen molar-refractivity contribution in [2.75, 3.05) is 5.32 Å². The van der Waals surface area contributed by atoms with E-state index < -0.39 is 17.8 Å². The number of anilines is 1. The van der Waals surface area contributed by atoms with Gasteiger partial charge in [-0.1, -0.05) is 12.8 Å². The average molecular weight is 359 g/mol. The van der Waals surface area contributed by atoms with Gasteiger partial charge in [-0.05, 0) is 26.7 Å². The minimum Gasteiger partial charge on any atom is -0.481 e. The number of carbonyl (C=O) groups is 2. The maximum atomic E-state index is 12.5. The Hall–Kier alpha value is -2.64. The summed E-state index contributed by atoms with van der Waals surface area (Å²) in [7, 11) is 0. The van der Waals surface area contributed by atoms with Crippen molar-refractivity contribution in [1.29, 1.82) is 0 Å². The topological polar surface area (TPSA) is 102 Å². The van der Waals surface area contributed by atoms with Crippen LogP contribution in [0.5, 0.6) is 0 Å². The number of rotatable bonds is 6. The zero-order valence-corrected chi connectivity index (χ0v) is 15.2.